The summed E-state index contributed by atoms with van der Waals surface area (Å²) in [6.45, 7) is 6.85. The van der Waals surface area contributed by atoms with Crippen molar-refractivity contribution in [3.05, 3.63) is 0 Å². The largest absolute Gasteiger partial charge is 0.271 e. The van der Waals surface area contributed by atoms with Gasteiger partial charge in [-0.15, -0.1) is 0 Å². The normalized spacial score (nSPS) is 28.3. The van der Waals surface area contributed by atoms with Gasteiger partial charge < -0.3 is 0 Å². The Bertz CT molecular complexity index is 185. The zero-order valence-corrected chi connectivity index (χ0v) is 11.9. The Labute approximate surface area is 105 Å². The van der Waals surface area contributed by atoms with E-state index in [0.717, 1.165) is 17.6 Å². The molecule has 0 heterocycles. The maximum absolute atomic E-state index is 5.74. The summed E-state index contributed by atoms with van der Waals surface area (Å²) < 4.78 is 0. The number of nitrogens with two attached hydrogens (primary N) is 1. The fraction of sp³-hybridized carbons (Fsp3) is 1.00. The first kappa shape index (κ1) is 14.3. The first-order valence-electron chi connectivity index (χ1n) is 6.76. The number of hydrazine groups is 1. The van der Waals surface area contributed by atoms with Crippen molar-refractivity contribution in [1.29, 1.82) is 0 Å². The van der Waals surface area contributed by atoms with Crippen molar-refractivity contribution in [2.24, 2.45) is 17.7 Å². The first-order chi connectivity index (χ1) is 7.69. The molecule has 0 saturated heterocycles. The lowest BCUT2D eigenvalue weighted by molar-refractivity contribution is 0.186. The van der Waals surface area contributed by atoms with Crippen LogP contribution in [0, 0.1) is 11.8 Å². The number of rotatable bonds is 6. The number of hydrogen-bond acceptors (Lipinski definition) is 3. The van der Waals surface area contributed by atoms with Crippen LogP contribution in [0.25, 0.3) is 0 Å². The molecule has 0 aliphatic heterocycles. The van der Waals surface area contributed by atoms with E-state index in [1.807, 2.05) is 11.8 Å². The summed E-state index contributed by atoms with van der Waals surface area (Å²) in [5.74, 6) is 8.60. The van der Waals surface area contributed by atoms with Crippen molar-refractivity contribution >= 4 is 11.8 Å². The van der Waals surface area contributed by atoms with E-state index >= 15 is 0 Å². The molecule has 3 N–H and O–H groups in total. The molecule has 0 amide bonds. The van der Waals surface area contributed by atoms with Crippen LogP contribution in [-0.2, 0) is 0 Å². The predicted molar refractivity (Wildman–Crippen MR) is 74.4 cm³/mol. The lowest BCUT2D eigenvalue weighted by Crippen LogP contribution is -2.46. The minimum Gasteiger partial charge on any atom is -0.271 e. The average molecular weight is 244 g/mol. The SMILES string of the molecule is CCC1CCCCC1C(CSC(C)C)NN. The third kappa shape index (κ3) is 4.27. The van der Waals surface area contributed by atoms with Crippen molar-refractivity contribution in [2.75, 3.05) is 5.75 Å². The lowest BCUT2D eigenvalue weighted by Gasteiger charge is -2.36. The highest BCUT2D eigenvalue weighted by atomic mass is 32.2. The second-order valence-corrected chi connectivity index (χ2v) is 6.88. The van der Waals surface area contributed by atoms with Crippen molar-refractivity contribution in [1.82, 2.24) is 5.43 Å². The van der Waals surface area contributed by atoms with Gasteiger partial charge in [0.1, 0.15) is 0 Å². The summed E-state index contributed by atoms with van der Waals surface area (Å²) in [5, 5.41) is 0.708. The summed E-state index contributed by atoms with van der Waals surface area (Å²) in [7, 11) is 0. The molecule has 96 valence electrons. The van der Waals surface area contributed by atoms with Crippen molar-refractivity contribution in [3.63, 3.8) is 0 Å². The second-order valence-electron chi connectivity index (χ2n) is 5.27. The van der Waals surface area contributed by atoms with E-state index in [0.29, 0.717) is 11.3 Å². The molecule has 16 heavy (non-hydrogen) atoms. The molecule has 1 rings (SSSR count). The van der Waals surface area contributed by atoms with Gasteiger partial charge in [-0.3, -0.25) is 11.3 Å². The van der Waals surface area contributed by atoms with Crippen LogP contribution in [0.5, 0.6) is 0 Å². The Balaban J connectivity index is 2.48. The molecule has 1 aliphatic rings. The molecule has 1 aliphatic carbocycles. The van der Waals surface area contributed by atoms with Crippen LogP contribution in [0.4, 0.5) is 0 Å². The molecule has 2 nitrogen and oxygen atoms in total. The molecule has 1 saturated carbocycles. The van der Waals surface area contributed by atoms with E-state index in [1.54, 1.807) is 0 Å². The fourth-order valence-corrected chi connectivity index (χ4v) is 3.80. The smallest absolute Gasteiger partial charge is 0.0332 e. The van der Waals surface area contributed by atoms with E-state index in [1.165, 1.54) is 32.1 Å². The van der Waals surface area contributed by atoms with E-state index in [9.17, 15) is 0 Å². The molecule has 3 unspecified atom stereocenters. The average Bonchev–Trinajstić information content (AvgIpc) is 2.30. The molecule has 0 bridgehead atoms. The monoisotopic (exact) mass is 244 g/mol. The van der Waals surface area contributed by atoms with E-state index < -0.39 is 0 Å². The minimum absolute atomic E-state index is 0.512. The predicted octanol–water partition coefficient (Wildman–Crippen LogP) is 3.18. The molecule has 3 atom stereocenters. The zero-order valence-electron chi connectivity index (χ0n) is 11.0. The van der Waals surface area contributed by atoms with Crippen LogP contribution in [0.1, 0.15) is 52.9 Å². The topological polar surface area (TPSA) is 38.0 Å². The van der Waals surface area contributed by atoms with Gasteiger partial charge in [-0.2, -0.15) is 11.8 Å². The van der Waals surface area contributed by atoms with Gasteiger partial charge in [-0.25, -0.2) is 0 Å². The van der Waals surface area contributed by atoms with Gasteiger partial charge in [0.25, 0.3) is 0 Å². The van der Waals surface area contributed by atoms with Gasteiger partial charge in [0.05, 0.1) is 0 Å². The quantitative estimate of drug-likeness (QED) is 0.557. The van der Waals surface area contributed by atoms with Gasteiger partial charge in [-0.1, -0.05) is 46.5 Å². The van der Waals surface area contributed by atoms with Crippen LogP contribution >= 0.6 is 11.8 Å². The number of hydrogen-bond donors (Lipinski definition) is 2. The van der Waals surface area contributed by atoms with Crippen LogP contribution in [0.15, 0.2) is 0 Å². The molecule has 0 spiro atoms. The summed E-state index contributed by atoms with van der Waals surface area (Å²) in [4.78, 5) is 0. The van der Waals surface area contributed by atoms with E-state index in [2.05, 4.69) is 26.2 Å². The summed E-state index contributed by atoms with van der Waals surface area (Å²) in [6.07, 6.45) is 6.90. The highest BCUT2D eigenvalue weighted by Crippen LogP contribution is 2.35. The lowest BCUT2D eigenvalue weighted by atomic mass is 9.74. The van der Waals surface area contributed by atoms with Gasteiger partial charge in [0.2, 0.25) is 0 Å². The highest BCUT2D eigenvalue weighted by Gasteiger charge is 2.30. The van der Waals surface area contributed by atoms with Crippen LogP contribution in [0.3, 0.4) is 0 Å². The summed E-state index contributed by atoms with van der Waals surface area (Å²) in [6, 6.07) is 0.512. The maximum Gasteiger partial charge on any atom is 0.0332 e. The third-order valence-corrected chi connectivity index (χ3v) is 5.05. The van der Waals surface area contributed by atoms with Gasteiger partial charge in [0, 0.05) is 11.8 Å². The summed E-state index contributed by atoms with van der Waals surface area (Å²) in [5.41, 5.74) is 3.07. The molecular formula is C13H28N2S. The van der Waals surface area contributed by atoms with Gasteiger partial charge in [-0.05, 0) is 23.5 Å². The molecule has 0 aromatic heterocycles. The minimum atomic E-state index is 0.512. The Morgan fingerprint density at radius 1 is 1.31 bits per heavy atom. The summed E-state index contributed by atoms with van der Waals surface area (Å²) >= 11 is 2.03. The van der Waals surface area contributed by atoms with E-state index in [-0.39, 0.29) is 0 Å². The zero-order chi connectivity index (χ0) is 12.0. The molecule has 1 fully saturated rings. The molecule has 0 aromatic rings. The maximum atomic E-state index is 5.74. The van der Waals surface area contributed by atoms with Crippen LogP contribution in [0.2, 0.25) is 0 Å². The van der Waals surface area contributed by atoms with Crippen LogP contribution < -0.4 is 11.3 Å². The molecule has 0 radical (unpaired) electrons. The Morgan fingerprint density at radius 3 is 2.56 bits per heavy atom. The second kappa shape index (κ2) is 7.57. The fourth-order valence-electron chi connectivity index (χ4n) is 2.86. The molecular weight excluding hydrogens is 216 g/mol. The van der Waals surface area contributed by atoms with Crippen molar-refractivity contribution in [3.8, 4) is 0 Å². The Hall–Kier alpha value is 0.270. The molecule has 3 heteroatoms. The van der Waals surface area contributed by atoms with Gasteiger partial charge in [0.15, 0.2) is 0 Å². The Morgan fingerprint density at radius 2 is 2.00 bits per heavy atom. The van der Waals surface area contributed by atoms with Crippen molar-refractivity contribution < 1.29 is 0 Å². The highest BCUT2D eigenvalue weighted by molar-refractivity contribution is 7.99. The van der Waals surface area contributed by atoms with E-state index in [4.69, 9.17) is 5.84 Å². The first-order valence-corrected chi connectivity index (χ1v) is 7.81. The number of nitrogens with one attached hydrogen (secondary N) is 1. The van der Waals surface area contributed by atoms with Crippen molar-refractivity contribution in [2.45, 2.75) is 64.2 Å². The standard InChI is InChI=1S/C13H28N2S/c1-4-11-7-5-6-8-12(11)13(15-14)9-16-10(2)3/h10-13,15H,4-9,14H2,1-3H3. The number of thioether (sulfide) groups is 1. The Kier molecular flexibility index (Phi) is 6.78. The van der Waals surface area contributed by atoms with Gasteiger partial charge >= 0.3 is 0 Å². The third-order valence-electron chi connectivity index (χ3n) is 3.83. The molecule has 0 aromatic carbocycles. The van der Waals surface area contributed by atoms with Crippen LogP contribution in [-0.4, -0.2) is 17.0 Å².